The van der Waals surface area contributed by atoms with E-state index in [9.17, 15) is 4.79 Å². The third-order valence-corrected chi connectivity index (χ3v) is 6.52. The van der Waals surface area contributed by atoms with Crippen LogP contribution < -0.4 is 5.32 Å². The number of thioether (sulfide) groups is 1. The van der Waals surface area contributed by atoms with Gasteiger partial charge in [-0.3, -0.25) is 4.79 Å². The zero-order valence-corrected chi connectivity index (χ0v) is 19.9. The SMILES string of the molecule is CCC1CCCCN1C(=O)c1cnc2nc(C)ccc2c1Nc1cccc(SC)c1.Cl. The van der Waals surface area contributed by atoms with Crippen LogP contribution in [0.3, 0.4) is 0 Å². The van der Waals surface area contributed by atoms with Crippen LogP contribution in [-0.4, -0.2) is 39.6 Å². The first-order chi connectivity index (χ1) is 14.6. The fourth-order valence-electron chi connectivity index (χ4n) is 4.16. The second kappa shape index (κ2) is 10.3. The lowest BCUT2D eigenvalue weighted by molar-refractivity contribution is 0.0609. The molecule has 1 aliphatic heterocycles. The smallest absolute Gasteiger partial charge is 0.257 e. The van der Waals surface area contributed by atoms with Gasteiger partial charge in [0, 0.05) is 40.4 Å². The van der Waals surface area contributed by atoms with Crippen LogP contribution in [0.25, 0.3) is 11.0 Å². The van der Waals surface area contributed by atoms with E-state index in [0.29, 0.717) is 17.3 Å². The highest BCUT2D eigenvalue weighted by molar-refractivity contribution is 7.98. The number of aromatic nitrogens is 2. The number of halogens is 1. The summed E-state index contributed by atoms with van der Waals surface area (Å²) in [6.07, 6.45) is 8.05. The highest BCUT2D eigenvalue weighted by Gasteiger charge is 2.28. The van der Waals surface area contributed by atoms with Crippen LogP contribution in [0.2, 0.25) is 0 Å². The van der Waals surface area contributed by atoms with Crippen LogP contribution in [0.5, 0.6) is 0 Å². The molecule has 3 aromatic rings. The Bertz CT molecular complexity index is 1070. The van der Waals surface area contributed by atoms with Gasteiger partial charge in [0.05, 0.1) is 11.3 Å². The van der Waals surface area contributed by atoms with Crippen LogP contribution in [0, 0.1) is 6.92 Å². The molecule has 31 heavy (non-hydrogen) atoms. The number of amides is 1. The number of likely N-dealkylation sites (tertiary alicyclic amines) is 1. The zero-order chi connectivity index (χ0) is 21.1. The van der Waals surface area contributed by atoms with E-state index in [1.807, 2.05) is 36.1 Å². The van der Waals surface area contributed by atoms with Crippen molar-refractivity contribution < 1.29 is 4.79 Å². The number of benzene rings is 1. The van der Waals surface area contributed by atoms with Crippen molar-refractivity contribution in [3.63, 3.8) is 0 Å². The van der Waals surface area contributed by atoms with Crippen molar-refractivity contribution in [3.05, 3.63) is 53.9 Å². The number of nitrogens with zero attached hydrogens (tertiary/aromatic N) is 3. The lowest BCUT2D eigenvalue weighted by Gasteiger charge is -2.35. The third kappa shape index (κ3) is 4.96. The number of carbonyl (C=O) groups is 1. The first kappa shape index (κ1) is 23.4. The number of anilines is 2. The maximum Gasteiger partial charge on any atom is 0.257 e. The standard InChI is InChI=1S/C24H28N4OS.ClH/c1-4-18-9-5-6-13-28(18)24(29)21-15-25-23-20(12-11-16(2)26-23)22(21)27-17-8-7-10-19(14-17)30-3;/h7-8,10-12,14-15,18H,4-6,9,13H2,1-3H3,(H,25,26,27);1H. The van der Waals surface area contributed by atoms with E-state index in [0.717, 1.165) is 48.3 Å². The maximum absolute atomic E-state index is 13.6. The molecule has 0 radical (unpaired) electrons. The fourth-order valence-corrected chi connectivity index (χ4v) is 4.62. The van der Waals surface area contributed by atoms with E-state index < -0.39 is 0 Å². The Morgan fingerprint density at radius 3 is 2.87 bits per heavy atom. The Labute approximate surface area is 194 Å². The minimum absolute atomic E-state index is 0. The van der Waals surface area contributed by atoms with Gasteiger partial charge in [-0.05, 0) is 69.2 Å². The average Bonchev–Trinajstić information content (AvgIpc) is 2.78. The van der Waals surface area contributed by atoms with E-state index >= 15 is 0 Å². The molecule has 2 aromatic heterocycles. The van der Waals surface area contributed by atoms with Gasteiger partial charge >= 0.3 is 0 Å². The van der Waals surface area contributed by atoms with Gasteiger partial charge in [-0.2, -0.15) is 0 Å². The van der Waals surface area contributed by atoms with Crippen molar-refractivity contribution >= 4 is 52.5 Å². The molecule has 0 saturated carbocycles. The highest BCUT2D eigenvalue weighted by atomic mass is 35.5. The number of fused-ring (bicyclic) bond motifs is 1. The summed E-state index contributed by atoms with van der Waals surface area (Å²) in [5, 5.41) is 4.39. The number of rotatable bonds is 5. The summed E-state index contributed by atoms with van der Waals surface area (Å²) in [5.74, 6) is 0.0556. The van der Waals surface area contributed by atoms with Crippen LogP contribution in [-0.2, 0) is 0 Å². The van der Waals surface area contributed by atoms with Crippen LogP contribution in [0.15, 0.2) is 47.5 Å². The molecule has 0 aliphatic carbocycles. The van der Waals surface area contributed by atoms with Gasteiger partial charge in [-0.25, -0.2) is 9.97 Å². The largest absolute Gasteiger partial charge is 0.354 e. The van der Waals surface area contributed by atoms with Gasteiger partial charge in [0.25, 0.3) is 5.91 Å². The molecule has 1 saturated heterocycles. The molecular formula is C24H29ClN4OS. The van der Waals surface area contributed by atoms with E-state index in [1.165, 1.54) is 11.3 Å². The number of piperidine rings is 1. The Morgan fingerprint density at radius 2 is 2.10 bits per heavy atom. The number of hydrogen-bond donors (Lipinski definition) is 1. The maximum atomic E-state index is 13.6. The van der Waals surface area contributed by atoms with Crippen molar-refractivity contribution in [2.24, 2.45) is 0 Å². The molecule has 0 spiro atoms. The Kier molecular flexibility index (Phi) is 7.79. The summed E-state index contributed by atoms with van der Waals surface area (Å²) < 4.78 is 0. The van der Waals surface area contributed by atoms with Crippen molar-refractivity contribution in [1.29, 1.82) is 0 Å². The van der Waals surface area contributed by atoms with Crippen LogP contribution >= 0.6 is 24.2 Å². The van der Waals surface area contributed by atoms with E-state index in [2.05, 4.69) is 40.6 Å². The summed E-state index contributed by atoms with van der Waals surface area (Å²) in [5.41, 5.74) is 3.92. The predicted octanol–water partition coefficient (Wildman–Crippen LogP) is 6.23. The summed E-state index contributed by atoms with van der Waals surface area (Å²) in [6, 6.07) is 12.5. The molecule has 1 fully saturated rings. The molecule has 3 heterocycles. The van der Waals surface area contributed by atoms with Crippen LogP contribution in [0.1, 0.15) is 48.7 Å². The number of nitrogens with one attached hydrogen (secondary N) is 1. The minimum atomic E-state index is 0. The third-order valence-electron chi connectivity index (χ3n) is 5.80. The highest BCUT2D eigenvalue weighted by Crippen LogP contribution is 2.32. The lowest BCUT2D eigenvalue weighted by Crippen LogP contribution is -2.43. The Balaban J connectivity index is 0.00000272. The fraction of sp³-hybridized carbons (Fsp3) is 0.375. The van der Waals surface area contributed by atoms with E-state index in [1.54, 1.807) is 18.0 Å². The van der Waals surface area contributed by atoms with Crippen molar-refractivity contribution in [2.75, 3.05) is 18.1 Å². The monoisotopic (exact) mass is 456 g/mol. The first-order valence-electron chi connectivity index (χ1n) is 10.6. The molecule has 1 atom stereocenters. The van der Waals surface area contributed by atoms with Crippen LogP contribution in [0.4, 0.5) is 11.4 Å². The predicted molar refractivity (Wildman–Crippen MR) is 132 cm³/mol. The van der Waals surface area contributed by atoms with Gasteiger partial charge in [0.2, 0.25) is 0 Å². The van der Waals surface area contributed by atoms with Gasteiger partial charge in [0.15, 0.2) is 5.65 Å². The number of carbonyl (C=O) groups excluding carboxylic acids is 1. The van der Waals surface area contributed by atoms with E-state index in [-0.39, 0.29) is 18.3 Å². The van der Waals surface area contributed by atoms with Gasteiger partial charge < -0.3 is 10.2 Å². The topological polar surface area (TPSA) is 58.1 Å². The summed E-state index contributed by atoms with van der Waals surface area (Å²) >= 11 is 1.70. The zero-order valence-electron chi connectivity index (χ0n) is 18.2. The van der Waals surface area contributed by atoms with Gasteiger partial charge in [-0.15, -0.1) is 24.2 Å². The number of hydrogen-bond acceptors (Lipinski definition) is 5. The van der Waals surface area contributed by atoms with Gasteiger partial charge in [0.1, 0.15) is 0 Å². The molecule has 1 unspecified atom stereocenters. The van der Waals surface area contributed by atoms with Gasteiger partial charge in [-0.1, -0.05) is 13.0 Å². The molecule has 1 aromatic carbocycles. The molecule has 5 nitrogen and oxygen atoms in total. The average molecular weight is 457 g/mol. The second-order valence-corrected chi connectivity index (χ2v) is 8.66. The number of pyridine rings is 2. The first-order valence-corrected chi connectivity index (χ1v) is 11.8. The minimum Gasteiger partial charge on any atom is -0.354 e. The summed E-state index contributed by atoms with van der Waals surface area (Å²) in [6.45, 7) is 4.92. The molecule has 1 N–H and O–H groups in total. The second-order valence-electron chi connectivity index (χ2n) is 7.78. The molecule has 164 valence electrons. The molecule has 1 amide bonds. The Morgan fingerprint density at radius 1 is 1.26 bits per heavy atom. The Hall–Kier alpha value is -2.31. The van der Waals surface area contributed by atoms with Crippen molar-refractivity contribution in [1.82, 2.24) is 14.9 Å². The summed E-state index contributed by atoms with van der Waals surface area (Å²) in [7, 11) is 0. The molecule has 1 aliphatic rings. The summed E-state index contributed by atoms with van der Waals surface area (Å²) in [4.78, 5) is 26.0. The lowest BCUT2D eigenvalue weighted by atomic mass is 9.98. The van der Waals surface area contributed by atoms with E-state index in [4.69, 9.17) is 0 Å². The number of aryl methyl sites for hydroxylation is 1. The molecule has 4 rings (SSSR count). The van der Waals surface area contributed by atoms with Crippen molar-refractivity contribution in [2.45, 2.75) is 50.5 Å². The molecule has 7 heteroatoms. The quantitative estimate of drug-likeness (QED) is 0.461. The van der Waals surface area contributed by atoms with Crippen molar-refractivity contribution in [3.8, 4) is 0 Å². The molecular weight excluding hydrogens is 428 g/mol. The molecule has 0 bridgehead atoms. The normalized spacial score (nSPS) is 16.1.